The highest BCUT2D eigenvalue weighted by Crippen LogP contribution is 2.41. The summed E-state index contributed by atoms with van der Waals surface area (Å²) in [5.41, 5.74) is 8.61. The second kappa shape index (κ2) is 9.61. The molecular formula is C27H26N4O5. The predicted octanol–water partition coefficient (Wildman–Crippen LogP) is 3.06. The number of nitrogens with two attached hydrogens (primary N) is 1. The van der Waals surface area contributed by atoms with Gasteiger partial charge in [-0.1, -0.05) is 38.1 Å². The van der Waals surface area contributed by atoms with Crippen LogP contribution in [-0.2, 0) is 9.59 Å². The van der Waals surface area contributed by atoms with Crippen LogP contribution in [-0.4, -0.2) is 33.1 Å². The number of aliphatic carboxylic acids is 2. The SMILES string of the molecule is CC(C)c1cccc(-c2cc(C(CC(=O)O)C(=O)O)cc(C3N=c4ccc(C(=N)N)cc4=N3)c2O)c1. The lowest BCUT2D eigenvalue weighted by Crippen LogP contribution is -2.24. The van der Waals surface area contributed by atoms with E-state index in [1.54, 1.807) is 24.3 Å². The largest absolute Gasteiger partial charge is 0.507 e. The number of hydrogen-bond donors (Lipinski definition) is 5. The summed E-state index contributed by atoms with van der Waals surface area (Å²) in [5, 5.41) is 39.1. The maximum atomic E-state index is 12.0. The summed E-state index contributed by atoms with van der Waals surface area (Å²) in [6.45, 7) is 4.08. The van der Waals surface area contributed by atoms with Crippen LogP contribution in [0.2, 0.25) is 0 Å². The van der Waals surface area contributed by atoms with Crippen molar-refractivity contribution in [3.63, 3.8) is 0 Å². The molecule has 1 aliphatic heterocycles. The van der Waals surface area contributed by atoms with Crippen LogP contribution < -0.4 is 16.4 Å². The molecule has 2 atom stereocenters. The first kappa shape index (κ1) is 24.6. The molecule has 0 saturated carbocycles. The summed E-state index contributed by atoms with van der Waals surface area (Å²) in [4.78, 5) is 32.6. The number of phenolic OH excluding ortho intramolecular Hbond substituents is 1. The van der Waals surface area contributed by atoms with Gasteiger partial charge in [0.25, 0.3) is 0 Å². The molecule has 184 valence electrons. The molecule has 9 nitrogen and oxygen atoms in total. The number of aromatic hydroxyl groups is 1. The Morgan fingerprint density at radius 3 is 2.36 bits per heavy atom. The number of nitrogens with zero attached hydrogens (tertiary/aromatic N) is 2. The lowest BCUT2D eigenvalue weighted by atomic mass is 9.88. The van der Waals surface area contributed by atoms with Crippen molar-refractivity contribution in [2.45, 2.75) is 38.3 Å². The first-order valence-electron chi connectivity index (χ1n) is 11.4. The molecule has 0 spiro atoms. The van der Waals surface area contributed by atoms with E-state index in [1.807, 2.05) is 32.0 Å². The van der Waals surface area contributed by atoms with Crippen LogP contribution in [0.3, 0.4) is 0 Å². The number of rotatable bonds is 8. The Morgan fingerprint density at radius 1 is 1.00 bits per heavy atom. The Bertz CT molecular complexity index is 1510. The van der Waals surface area contributed by atoms with Crippen molar-refractivity contribution in [1.29, 1.82) is 5.41 Å². The van der Waals surface area contributed by atoms with Crippen molar-refractivity contribution < 1.29 is 24.9 Å². The van der Waals surface area contributed by atoms with E-state index in [9.17, 15) is 24.9 Å². The van der Waals surface area contributed by atoms with E-state index < -0.39 is 30.4 Å². The average molecular weight is 487 g/mol. The number of fused-ring (bicyclic) bond motifs is 1. The summed E-state index contributed by atoms with van der Waals surface area (Å²) in [7, 11) is 0. The van der Waals surface area contributed by atoms with Crippen LogP contribution in [0.25, 0.3) is 11.1 Å². The van der Waals surface area contributed by atoms with Gasteiger partial charge in [0, 0.05) is 16.7 Å². The monoisotopic (exact) mass is 486 g/mol. The van der Waals surface area contributed by atoms with Crippen molar-refractivity contribution in [3.8, 4) is 16.9 Å². The standard InChI is InChI=1S/C27H26N4O5/c1-13(2)14-4-3-5-15(8-14)18-9-17(19(27(35)36)12-23(32)33)10-20(24(18)34)26-30-21-7-6-16(25(28)29)11-22(21)31-26/h3-11,13,19,26,34H,12H2,1-2H3,(H3,28,29)(H,32,33)(H,35,36). The number of hydrogen-bond acceptors (Lipinski definition) is 6. The molecule has 4 rings (SSSR count). The first-order chi connectivity index (χ1) is 17.0. The Hall–Kier alpha value is -4.53. The molecule has 0 aliphatic carbocycles. The van der Waals surface area contributed by atoms with Crippen LogP contribution in [0.1, 0.15) is 60.5 Å². The maximum Gasteiger partial charge on any atom is 0.311 e. The van der Waals surface area contributed by atoms with Crippen LogP contribution in [0.15, 0.2) is 64.6 Å². The Balaban J connectivity index is 1.93. The van der Waals surface area contributed by atoms with Gasteiger partial charge in [0.2, 0.25) is 0 Å². The Labute approximate surface area is 206 Å². The van der Waals surface area contributed by atoms with Gasteiger partial charge in [-0.05, 0) is 52.9 Å². The number of carbonyl (C=O) groups is 2. The molecule has 9 heteroatoms. The van der Waals surface area contributed by atoms with E-state index in [0.717, 1.165) is 5.56 Å². The first-order valence-corrected chi connectivity index (χ1v) is 11.4. The smallest absolute Gasteiger partial charge is 0.311 e. The third-order valence-corrected chi connectivity index (χ3v) is 6.19. The highest BCUT2D eigenvalue weighted by Gasteiger charge is 2.28. The van der Waals surface area contributed by atoms with Gasteiger partial charge in [0.15, 0.2) is 6.17 Å². The summed E-state index contributed by atoms with van der Waals surface area (Å²) in [6, 6.07) is 15.5. The topological polar surface area (TPSA) is 169 Å². The zero-order valence-corrected chi connectivity index (χ0v) is 19.8. The number of carboxylic acids is 2. The molecule has 3 aromatic carbocycles. The third-order valence-electron chi connectivity index (χ3n) is 6.19. The normalized spacial score (nSPS) is 15.0. The molecule has 2 unspecified atom stereocenters. The number of nitrogen functional groups attached to an aromatic ring is 1. The van der Waals surface area contributed by atoms with Gasteiger partial charge in [0.1, 0.15) is 11.6 Å². The van der Waals surface area contributed by atoms with Crippen LogP contribution >= 0.6 is 0 Å². The lowest BCUT2D eigenvalue weighted by Gasteiger charge is -2.19. The van der Waals surface area contributed by atoms with Crippen LogP contribution in [0.5, 0.6) is 5.75 Å². The predicted molar refractivity (Wildman–Crippen MR) is 133 cm³/mol. The number of benzene rings is 3. The second-order valence-corrected chi connectivity index (χ2v) is 9.02. The molecule has 1 heterocycles. The van der Waals surface area contributed by atoms with Gasteiger partial charge in [-0.25, -0.2) is 0 Å². The Morgan fingerprint density at radius 2 is 1.72 bits per heavy atom. The van der Waals surface area contributed by atoms with Crippen molar-refractivity contribution in [3.05, 3.63) is 87.6 Å². The van der Waals surface area contributed by atoms with Crippen molar-refractivity contribution in [2.24, 2.45) is 15.7 Å². The Kier molecular flexibility index (Phi) is 6.57. The molecule has 3 aromatic rings. The van der Waals surface area contributed by atoms with E-state index >= 15 is 0 Å². The molecular weight excluding hydrogens is 460 g/mol. The fraction of sp³-hybridized carbons (Fsp3) is 0.222. The van der Waals surface area contributed by atoms with E-state index in [4.69, 9.17) is 11.1 Å². The summed E-state index contributed by atoms with van der Waals surface area (Å²) >= 11 is 0. The van der Waals surface area contributed by atoms with Crippen LogP contribution in [0, 0.1) is 5.41 Å². The van der Waals surface area contributed by atoms with E-state index in [0.29, 0.717) is 27.4 Å². The van der Waals surface area contributed by atoms with Gasteiger partial charge in [-0.15, -0.1) is 0 Å². The molecule has 0 radical (unpaired) electrons. The number of amidine groups is 1. The minimum absolute atomic E-state index is 0.115. The van der Waals surface area contributed by atoms with Gasteiger partial charge in [-0.2, -0.15) is 0 Å². The second-order valence-electron chi connectivity index (χ2n) is 9.02. The molecule has 36 heavy (non-hydrogen) atoms. The van der Waals surface area contributed by atoms with Gasteiger partial charge in [0.05, 0.1) is 23.1 Å². The van der Waals surface area contributed by atoms with Crippen molar-refractivity contribution in [2.75, 3.05) is 0 Å². The third kappa shape index (κ3) is 4.81. The average Bonchev–Trinajstić information content (AvgIpc) is 3.25. The molecule has 0 amide bonds. The zero-order chi connectivity index (χ0) is 26.1. The quantitative estimate of drug-likeness (QED) is 0.242. The fourth-order valence-electron chi connectivity index (χ4n) is 4.22. The highest BCUT2D eigenvalue weighted by molar-refractivity contribution is 5.94. The zero-order valence-electron chi connectivity index (χ0n) is 19.8. The lowest BCUT2D eigenvalue weighted by molar-refractivity contribution is -0.145. The highest BCUT2D eigenvalue weighted by atomic mass is 16.4. The summed E-state index contributed by atoms with van der Waals surface area (Å²) in [5.74, 6) is -3.88. The minimum atomic E-state index is -1.33. The molecule has 6 N–H and O–H groups in total. The van der Waals surface area contributed by atoms with E-state index in [2.05, 4.69) is 9.98 Å². The molecule has 0 bridgehead atoms. The molecule has 0 fully saturated rings. The van der Waals surface area contributed by atoms with Gasteiger partial charge >= 0.3 is 11.9 Å². The number of nitrogens with one attached hydrogen (secondary N) is 1. The fourth-order valence-corrected chi connectivity index (χ4v) is 4.22. The van der Waals surface area contributed by atoms with Gasteiger partial charge in [-0.3, -0.25) is 25.0 Å². The van der Waals surface area contributed by atoms with E-state index in [-0.39, 0.29) is 28.6 Å². The van der Waals surface area contributed by atoms with Crippen molar-refractivity contribution in [1.82, 2.24) is 0 Å². The number of carboxylic acid groups (broad SMARTS) is 2. The molecule has 0 saturated heterocycles. The minimum Gasteiger partial charge on any atom is -0.507 e. The molecule has 0 aromatic heterocycles. The van der Waals surface area contributed by atoms with Crippen molar-refractivity contribution >= 4 is 17.8 Å². The molecule has 1 aliphatic rings. The maximum absolute atomic E-state index is 12.0. The number of phenols is 1. The van der Waals surface area contributed by atoms with E-state index in [1.165, 1.54) is 12.1 Å². The summed E-state index contributed by atoms with van der Waals surface area (Å²) in [6.07, 6.45) is -1.50. The van der Waals surface area contributed by atoms with Gasteiger partial charge < -0.3 is 21.1 Å². The summed E-state index contributed by atoms with van der Waals surface area (Å²) < 4.78 is 0. The van der Waals surface area contributed by atoms with Crippen LogP contribution in [0.4, 0.5) is 0 Å².